The molecule has 31 heavy (non-hydrogen) atoms. The summed E-state index contributed by atoms with van der Waals surface area (Å²) in [6.07, 6.45) is 0.861. The maximum atomic E-state index is 12.4. The highest BCUT2D eigenvalue weighted by Crippen LogP contribution is 2.41. The Labute approximate surface area is 191 Å². The van der Waals surface area contributed by atoms with Crippen LogP contribution in [0.5, 0.6) is 0 Å². The van der Waals surface area contributed by atoms with Gasteiger partial charge < -0.3 is 15.1 Å². The molecule has 2 atom stereocenters. The zero-order valence-corrected chi connectivity index (χ0v) is 19.7. The molecule has 1 N–H and O–H groups in total. The van der Waals surface area contributed by atoms with Crippen LogP contribution in [0.25, 0.3) is 0 Å². The number of halogens is 1. The normalized spacial score (nSPS) is 21.9. The Hall–Kier alpha value is -2.24. The third-order valence-electron chi connectivity index (χ3n) is 6.60. The second-order valence-electron chi connectivity index (χ2n) is 9.04. The van der Waals surface area contributed by atoms with Gasteiger partial charge in [0, 0.05) is 72.8 Å². The molecule has 0 aliphatic carbocycles. The highest BCUT2D eigenvalue weighted by Gasteiger charge is 2.33. The summed E-state index contributed by atoms with van der Waals surface area (Å²) in [6, 6.07) is 15.3. The van der Waals surface area contributed by atoms with Gasteiger partial charge >= 0.3 is 0 Å². The predicted molar refractivity (Wildman–Crippen MR) is 130 cm³/mol. The lowest BCUT2D eigenvalue weighted by molar-refractivity contribution is -0.117. The smallest absolute Gasteiger partial charge is 0.224 e. The largest absolute Gasteiger partial charge is 0.378 e. The minimum absolute atomic E-state index is 0.0944. The zero-order chi connectivity index (χ0) is 22.1. The molecule has 0 spiro atoms. The molecule has 0 aromatic heterocycles. The zero-order valence-electron chi connectivity index (χ0n) is 18.9. The summed E-state index contributed by atoms with van der Waals surface area (Å²) in [5.41, 5.74) is 4.48. The molecule has 2 unspecified atom stereocenters. The number of nitrogens with zero attached hydrogens (tertiary/aromatic N) is 3. The Morgan fingerprint density at radius 2 is 1.74 bits per heavy atom. The quantitative estimate of drug-likeness (QED) is 0.711. The number of piperazine rings is 1. The summed E-state index contributed by atoms with van der Waals surface area (Å²) in [5, 5.41) is 4.41. The number of carbonyl (C=O) groups is 1. The van der Waals surface area contributed by atoms with Crippen molar-refractivity contribution < 1.29 is 4.79 Å². The van der Waals surface area contributed by atoms with Gasteiger partial charge in [-0.3, -0.25) is 9.69 Å². The standard InChI is InChI=1S/C25H33ClN4O/c1-17(2)28-11-13-29(14-12-28)22-9-10-25-23(16-22)24(15-18(3)30(25)19(4)31)27-21-7-5-20(26)6-8-21/h5-10,16-18,24,27H,11-15H2,1-4H3. The van der Waals surface area contributed by atoms with Crippen molar-refractivity contribution in [2.75, 3.05) is 41.3 Å². The van der Waals surface area contributed by atoms with Crippen molar-refractivity contribution in [2.24, 2.45) is 0 Å². The van der Waals surface area contributed by atoms with E-state index in [1.54, 1.807) is 6.92 Å². The molecule has 2 heterocycles. The fourth-order valence-corrected chi connectivity index (χ4v) is 5.03. The monoisotopic (exact) mass is 440 g/mol. The van der Waals surface area contributed by atoms with E-state index in [-0.39, 0.29) is 18.0 Å². The van der Waals surface area contributed by atoms with Gasteiger partial charge in [-0.1, -0.05) is 11.6 Å². The van der Waals surface area contributed by atoms with Gasteiger partial charge in [0.2, 0.25) is 5.91 Å². The van der Waals surface area contributed by atoms with E-state index in [0.29, 0.717) is 6.04 Å². The molecule has 1 saturated heterocycles. The van der Waals surface area contributed by atoms with Gasteiger partial charge in [-0.15, -0.1) is 0 Å². The van der Waals surface area contributed by atoms with E-state index in [4.69, 9.17) is 11.6 Å². The Bertz CT molecular complexity index is 922. The lowest BCUT2D eigenvalue weighted by atomic mass is 9.90. The van der Waals surface area contributed by atoms with Crippen LogP contribution in [0.1, 0.15) is 45.7 Å². The molecule has 2 aromatic carbocycles. The van der Waals surface area contributed by atoms with Crippen molar-refractivity contribution in [3.63, 3.8) is 0 Å². The number of fused-ring (bicyclic) bond motifs is 1. The molecule has 0 saturated carbocycles. The summed E-state index contributed by atoms with van der Waals surface area (Å²) >= 11 is 6.07. The van der Waals surface area contributed by atoms with Gasteiger partial charge in [-0.2, -0.15) is 0 Å². The van der Waals surface area contributed by atoms with Crippen LogP contribution in [0.3, 0.4) is 0 Å². The first-order valence-electron chi connectivity index (χ1n) is 11.3. The molecule has 166 valence electrons. The van der Waals surface area contributed by atoms with Gasteiger partial charge in [0.1, 0.15) is 0 Å². The number of amides is 1. The third kappa shape index (κ3) is 4.68. The number of nitrogens with one attached hydrogen (secondary N) is 1. The van der Waals surface area contributed by atoms with E-state index < -0.39 is 0 Å². The van der Waals surface area contributed by atoms with Crippen molar-refractivity contribution in [1.82, 2.24) is 4.90 Å². The number of anilines is 3. The van der Waals surface area contributed by atoms with Gasteiger partial charge in [-0.05, 0) is 69.7 Å². The number of benzene rings is 2. The van der Waals surface area contributed by atoms with Crippen molar-refractivity contribution in [1.29, 1.82) is 0 Å². The molecule has 2 aliphatic heterocycles. The molecule has 0 bridgehead atoms. The molecule has 2 aromatic rings. The van der Waals surface area contributed by atoms with E-state index in [9.17, 15) is 4.79 Å². The highest BCUT2D eigenvalue weighted by molar-refractivity contribution is 6.30. The first kappa shape index (κ1) is 22.0. The SMILES string of the molecule is CC(=O)N1c2ccc(N3CCN(C(C)C)CC3)cc2C(Nc2ccc(Cl)cc2)CC1C. The highest BCUT2D eigenvalue weighted by atomic mass is 35.5. The van der Waals surface area contributed by atoms with E-state index in [0.717, 1.165) is 49.0 Å². The number of carbonyl (C=O) groups excluding carboxylic acids is 1. The number of rotatable bonds is 4. The molecular formula is C25H33ClN4O. The number of hydrogen-bond acceptors (Lipinski definition) is 4. The van der Waals surface area contributed by atoms with E-state index in [1.165, 1.54) is 11.3 Å². The van der Waals surface area contributed by atoms with Crippen molar-refractivity contribution in [3.05, 3.63) is 53.1 Å². The van der Waals surface area contributed by atoms with E-state index in [2.05, 4.69) is 54.1 Å². The Kier molecular flexibility index (Phi) is 6.44. The minimum atomic E-state index is 0.0944. The molecule has 1 fully saturated rings. The topological polar surface area (TPSA) is 38.8 Å². The van der Waals surface area contributed by atoms with Crippen molar-refractivity contribution in [3.8, 4) is 0 Å². The van der Waals surface area contributed by atoms with Crippen LogP contribution in [-0.4, -0.2) is 49.1 Å². The number of hydrogen-bond donors (Lipinski definition) is 1. The van der Waals surface area contributed by atoms with Crippen molar-refractivity contribution in [2.45, 2.75) is 52.2 Å². The molecular weight excluding hydrogens is 408 g/mol. The Balaban J connectivity index is 1.64. The minimum Gasteiger partial charge on any atom is -0.378 e. The van der Waals surface area contributed by atoms with Crippen LogP contribution in [0.15, 0.2) is 42.5 Å². The van der Waals surface area contributed by atoms with Gasteiger partial charge in [0.15, 0.2) is 0 Å². The maximum Gasteiger partial charge on any atom is 0.224 e. The average molecular weight is 441 g/mol. The second-order valence-corrected chi connectivity index (χ2v) is 9.47. The summed E-state index contributed by atoms with van der Waals surface area (Å²) < 4.78 is 0. The van der Waals surface area contributed by atoms with Gasteiger partial charge in [0.05, 0.1) is 6.04 Å². The van der Waals surface area contributed by atoms with Crippen LogP contribution >= 0.6 is 11.6 Å². The van der Waals surface area contributed by atoms with Gasteiger partial charge in [0.25, 0.3) is 0 Å². The summed E-state index contributed by atoms with van der Waals surface area (Å²) in [5.74, 6) is 0.0944. The molecule has 2 aliphatic rings. The van der Waals surface area contributed by atoms with Crippen LogP contribution in [-0.2, 0) is 4.79 Å². The van der Waals surface area contributed by atoms with Gasteiger partial charge in [-0.25, -0.2) is 0 Å². The maximum absolute atomic E-state index is 12.4. The van der Waals surface area contributed by atoms with Crippen molar-refractivity contribution >= 4 is 34.6 Å². The van der Waals surface area contributed by atoms with Crippen LogP contribution in [0.4, 0.5) is 17.1 Å². The predicted octanol–water partition coefficient (Wildman–Crippen LogP) is 5.17. The molecule has 6 heteroatoms. The van der Waals surface area contributed by atoms with Crippen LogP contribution in [0, 0.1) is 0 Å². The first-order chi connectivity index (χ1) is 14.8. The molecule has 0 radical (unpaired) electrons. The van der Waals surface area contributed by atoms with E-state index in [1.807, 2.05) is 29.2 Å². The lowest BCUT2D eigenvalue weighted by Gasteiger charge is -2.41. The van der Waals surface area contributed by atoms with Crippen LogP contribution < -0.4 is 15.1 Å². The molecule has 4 rings (SSSR count). The first-order valence-corrected chi connectivity index (χ1v) is 11.7. The average Bonchev–Trinajstić information content (AvgIpc) is 2.75. The summed E-state index contributed by atoms with van der Waals surface area (Å²) in [6.45, 7) is 12.5. The lowest BCUT2D eigenvalue weighted by Crippen LogP contribution is -2.49. The fourth-order valence-electron chi connectivity index (χ4n) is 4.91. The molecule has 5 nitrogen and oxygen atoms in total. The summed E-state index contributed by atoms with van der Waals surface area (Å²) in [4.78, 5) is 19.4. The van der Waals surface area contributed by atoms with E-state index >= 15 is 0 Å². The Morgan fingerprint density at radius 1 is 1.06 bits per heavy atom. The Morgan fingerprint density at radius 3 is 2.35 bits per heavy atom. The summed E-state index contributed by atoms with van der Waals surface area (Å²) in [7, 11) is 0. The fraction of sp³-hybridized carbons (Fsp3) is 0.480. The third-order valence-corrected chi connectivity index (χ3v) is 6.85. The second kappa shape index (κ2) is 9.09. The molecule has 1 amide bonds. The van der Waals surface area contributed by atoms with Crippen LogP contribution in [0.2, 0.25) is 5.02 Å².